The number of rotatable bonds is 6. The first kappa shape index (κ1) is 25.5. The molecule has 9 nitrogen and oxygen atoms in total. The highest BCUT2D eigenvalue weighted by atomic mass is 32.2. The number of anilines is 2. The van der Waals surface area contributed by atoms with E-state index in [2.05, 4.69) is 10.3 Å². The van der Waals surface area contributed by atoms with Crippen molar-refractivity contribution in [2.24, 2.45) is 0 Å². The molecule has 3 aromatic rings. The highest BCUT2D eigenvalue weighted by Crippen LogP contribution is 2.36. The van der Waals surface area contributed by atoms with Crippen LogP contribution in [0.4, 0.5) is 10.8 Å². The van der Waals surface area contributed by atoms with Gasteiger partial charge in [-0.25, -0.2) is 4.98 Å². The van der Waals surface area contributed by atoms with Gasteiger partial charge in [-0.15, -0.1) is 0 Å². The number of piperazine rings is 1. The number of nitrogens with zero attached hydrogens (tertiary/aromatic N) is 4. The molecular weight excluding hydrogens is 498 g/mol. The largest absolute Gasteiger partial charge is 0.507 e. The molecule has 0 spiro atoms. The lowest BCUT2D eigenvalue weighted by atomic mass is 10.1. The summed E-state index contributed by atoms with van der Waals surface area (Å²) in [7, 11) is 3.88. The van der Waals surface area contributed by atoms with E-state index in [0.29, 0.717) is 36.9 Å². The number of phenolic OH excluding ortho intramolecular Hbond substituents is 1. The zero-order valence-electron chi connectivity index (χ0n) is 20.2. The molecule has 1 saturated heterocycles. The summed E-state index contributed by atoms with van der Waals surface area (Å²) in [6, 6.07) is 12.2. The Hall–Kier alpha value is -3.57. The summed E-state index contributed by atoms with van der Waals surface area (Å²) in [5, 5.41) is 13.6. The first-order valence-corrected chi connectivity index (χ1v) is 12.9. The van der Waals surface area contributed by atoms with E-state index in [-0.39, 0.29) is 29.0 Å². The fraction of sp³-hybridized carbons (Fsp3) is 0.280. The van der Waals surface area contributed by atoms with Crippen molar-refractivity contribution in [1.29, 1.82) is 0 Å². The monoisotopic (exact) mass is 525 g/mol. The van der Waals surface area contributed by atoms with Gasteiger partial charge in [-0.3, -0.25) is 19.7 Å². The highest BCUT2D eigenvalue weighted by molar-refractivity contribution is 8.01. The lowest BCUT2D eigenvalue weighted by molar-refractivity contribution is -0.130. The fourth-order valence-electron chi connectivity index (χ4n) is 3.71. The smallest absolute Gasteiger partial charge is 0.257 e. The van der Waals surface area contributed by atoms with Gasteiger partial charge in [-0.1, -0.05) is 23.1 Å². The van der Waals surface area contributed by atoms with E-state index in [1.807, 2.05) is 31.1 Å². The topological polar surface area (TPSA) is 106 Å². The Kier molecular flexibility index (Phi) is 7.80. The number of phenols is 1. The Morgan fingerprint density at radius 3 is 2.33 bits per heavy atom. The van der Waals surface area contributed by atoms with Crippen molar-refractivity contribution in [2.45, 2.75) is 16.0 Å². The maximum Gasteiger partial charge on any atom is 0.257 e. The van der Waals surface area contributed by atoms with Crippen LogP contribution in [0.1, 0.15) is 27.6 Å². The van der Waals surface area contributed by atoms with Gasteiger partial charge >= 0.3 is 0 Å². The third-order valence-corrected chi connectivity index (χ3v) is 7.78. The van der Waals surface area contributed by atoms with Crippen LogP contribution in [0.25, 0.3) is 0 Å². The molecule has 0 unspecified atom stereocenters. The molecule has 0 radical (unpaired) electrons. The van der Waals surface area contributed by atoms with Gasteiger partial charge in [0, 0.05) is 63.3 Å². The Morgan fingerprint density at radius 1 is 1.03 bits per heavy atom. The van der Waals surface area contributed by atoms with E-state index in [9.17, 15) is 19.5 Å². The maximum absolute atomic E-state index is 13.0. The second-order valence-corrected chi connectivity index (χ2v) is 10.9. The number of aromatic nitrogens is 1. The lowest BCUT2D eigenvalue weighted by Gasteiger charge is -2.34. The molecule has 1 aromatic heterocycles. The number of hydrogen-bond donors (Lipinski definition) is 2. The molecule has 0 bridgehead atoms. The Labute approximate surface area is 217 Å². The summed E-state index contributed by atoms with van der Waals surface area (Å²) in [6.45, 7) is 3.32. The molecular formula is C25H27N5O4S2. The number of amides is 3. The van der Waals surface area contributed by atoms with Crippen LogP contribution in [0.2, 0.25) is 0 Å². The fourth-order valence-corrected chi connectivity index (χ4v) is 5.59. The van der Waals surface area contributed by atoms with Crippen LogP contribution in [0.15, 0.2) is 57.8 Å². The van der Waals surface area contributed by atoms with Gasteiger partial charge in [0.05, 0.1) is 16.0 Å². The molecule has 2 N–H and O–H groups in total. The average Bonchev–Trinajstić information content (AvgIpc) is 3.31. The standard InChI is InChI=1S/C25H27N5O4S2/c1-16(31)29-10-12-30(13-11-29)24(34)20-14-19(8-9-21(20)32)35-22-15-26-25(36-22)27-23(33)17-4-6-18(7-5-17)28(2)3/h4-9,14-15,32H,10-13H2,1-3H3,(H,26,27,33). The van der Waals surface area contributed by atoms with E-state index in [4.69, 9.17) is 0 Å². The van der Waals surface area contributed by atoms with Gasteiger partial charge in [-0.2, -0.15) is 0 Å². The molecule has 1 aliphatic heterocycles. The molecule has 2 aromatic carbocycles. The average molecular weight is 526 g/mol. The van der Waals surface area contributed by atoms with E-state index in [1.165, 1.54) is 36.1 Å². The van der Waals surface area contributed by atoms with Gasteiger partial charge in [0.1, 0.15) is 5.75 Å². The summed E-state index contributed by atoms with van der Waals surface area (Å²) in [5.41, 5.74) is 1.76. The quantitative estimate of drug-likeness (QED) is 0.506. The van der Waals surface area contributed by atoms with Crippen LogP contribution in [0.5, 0.6) is 5.75 Å². The van der Waals surface area contributed by atoms with Crippen LogP contribution in [0.3, 0.4) is 0 Å². The normalized spacial score (nSPS) is 13.4. The van der Waals surface area contributed by atoms with E-state index >= 15 is 0 Å². The van der Waals surface area contributed by atoms with Crippen LogP contribution < -0.4 is 10.2 Å². The van der Waals surface area contributed by atoms with Crippen molar-refractivity contribution in [2.75, 3.05) is 50.5 Å². The molecule has 1 aliphatic rings. The molecule has 11 heteroatoms. The van der Waals surface area contributed by atoms with Crippen molar-refractivity contribution < 1.29 is 19.5 Å². The Balaban J connectivity index is 1.40. The molecule has 0 atom stereocenters. The minimum absolute atomic E-state index is 0.00862. The SMILES string of the molecule is CC(=O)N1CCN(C(=O)c2cc(Sc3cnc(NC(=O)c4ccc(N(C)C)cc4)s3)ccc2O)CC1. The minimum atomic E-state index is -0.268. The zero-order chi connectivity index (χ0) is 25.8. The van der Waals surface area contributed by atoms with E-state index in [0.717, 1.165) is 14.8 Å². The first-order chi connectivity index (χ1) is 17.2. The Bertz CT molecular complexity index is 1270. The van der Waals surface area contributed by atoms with Gasteiger partial charge in [0.25, 0.3) is 11.8 Å². The molecule has 3 amide bonds. The second kappa shape index (κ2) is 11.0. The van der Waals surface area contributed by atoms with Gasteiger partial charge in [0.2, 0.25) is 5.91 Å². The molecule has 36 heavy (non-hydrogen) atoms. The predicted octanol–water partition coefficient (Wildman–Crippen LogP) is 3.62. The van der Waals surface area contributed by atoms with Crippen molar-refractivity contribution in [1.82, 2.24) is 14.8 Å². The third-order valence-electron chi connectivity index (χ3n) is 5.78. The minimum Gasteiger partial charge on any atom is -0.507 e. The second-order valence-electron chi connectivity index (χ2n) is 8.46. The summed E-state index contributed by atoms with van der Waals surface area (Å²) in [5.74, 6) is -0.606. The molecule has 2 heterocycles. The molecule has 4 rings (SSSR count). The summed E-state index contributed by atoms with van der Waals surface area (Å²) >= 11 is 2.72. The lowest BCUT2D eigenvalue weighted by Crippen LogP contribution is -2.50. The number of benzene rings is 2. The van der Waals surface area contributed by atoms with Crippen molar-refractivity contribution in [3.63, 3.8) is 0 Å². The van der Waals surface area contributed by atoms with E-state index in [1.54, 1.807) is 40.3 Å². The molecule has 1 fully saturated rings. The number of thiazole rings is 1. The van der Waals surface area contributed by atoms with Crippen LogP contribution >= 0.6 is 23.1 Å². The zero-order valence-corrected chi connectivity index (χ0v) is 21.9. The molecule has 0 aliphatic carbocycles. The number of aromatic hydroxyl groups is 1. The summed E-state index contributed by atoms with van der Waals surface area (Å²) in [4.78, 5) is 47.5. The molecule has 188 valence electrons. The summed E-state index contributed by atoms with van der Waals surface area (Å²) < 4.78 is 0.826. The Morgan fingerprint density at radius 2 is 1.69 bits per heavy atom. The summed E-state index contributed by atoms with van der Waals surface area (Å²) in [6.07, 6.45) is 1.66. The first-order valence-electron chi connectivity index (χ1n) is 11.3. The number of carbonyl (C=O) groups is 3. The number of carbonyl (C=O) groups excluding carboxylic acids is 3. The van der Waals surface area contributed by atoms with Crippen molar-refractivity contribution in [3.8, 4) is 5.75 Å². The van der Waals surface area contributed by atoms with Crippen LogP contribution in [-0.2, 0) is 4.79 Å². The van der Waals surface area contributed by atoms with Crippen molar-refractivity contribution in [3.05, 3.63) is 59.8 Å². The van der Waals surface area contributed by atoms with E-state index < -0.39 is 0 Å². The number of nitrogens with one attached hydrogen (secondary N) is 1. The van der Waals surface area contributed by atoms with Crippen LogP contribution in [-0.4, -0.2) is 77.9 Å². The maximum atomic E-state index is 13.0. The van der Waals surface area contributed by atoms with Gasteiger partial charge in [0.15, 0.2) is 5.13 Å². The van der Waals surface area contributed by atoms with Crippen LogP contribution in [0, 0.1) is 0 Å². The third kappa shape index (κ3) is 5.97. The molecule has 0 saturated carbocycles. The van der Waals surface area contributed by atoms with Crippen molar-refractivity contribution >= 4 is 51.6 Å². The van der Waals surface area contributed by atoms with Gasteiger partial charge < -0.3 is 19.8 Å². The number of hydrogen-bond acceptors (Lipinski definition) is 8. The highest BCUT2D eigenvalue weighted by Gasteiger charge is 2.25. The predicted molar refractivity (Wildman–Crippen MR) is 141 cm³/mol. The van der Waals surface area contributed by atoms with Gasteiger partial charge in [-0.05, 0) is 42.5 Å².